The molecule has 92 valence electrons. The quantitative estimate of drug-likeness (QED) is 0.661. The molecule has 0 aliphatic heterocycles. The van der Waals surface area contributed by atoms with E-state index in [2.05, 4.69) is 5.32 Å². The Labute approximate surface area is 99.6 Å². The molecule has 0 fully saturated rings. The number of benzene rings is 1. The zero-order chi connectivity index (χ0) is 12.7. The summed E-state index contributed by atoms with van der Waals surface area (Å²) in [6.07, 6.45) is 0.164. The summed E-state index contributed by atoms with van der Waals surface area (Å²) in [5.41, 5.74) is 7.37. The van der Waals surface area contributed by atoms with Gasteiger partial charge in [0.2, 0.25) is 5.91 Å². The van der Waals surface area contributed by atoms with E-state index in [1.54, 1.807) is 0 Å². The van der Waals surface area contributed by atoms with Crippen molar-refractivity contribution in [3.05, 3.63) is 35.4 Å². The van der Waals surface area contributed by atoms with E-state index in [1.165, 1.54) is 0 Å². The lowest BCUT2D eigenvalue weighted by atomic mass is 10.0. The summed E-state index contributed by atoms with van der Waals surface area (Å²) in [6.45, 7) is 0.539. The van der Waals surface area contributed by atoms with E-state index in [9.17, 15) is 9.59 Å². The van der Waals surface area contributed by atoms with Gasteiger partial charge in [-0.25, -0.2) is 0 Å². The summed E-state index contributed by atoms with van der Waals surface area (Å²) < 4.78 is 0. The lowest BCUT2D eigenvalue weighted by Crippen LogP contribution is -2.27. The van der Waals surface area contributed by atoms with Crippen LogP contribution in [0.4, 0.5) is 0 Å². The Balaban J connectivity index is 2.47. The summed E-state index contributed by atoms with van der Waals surface area (Å²) >= 11 is 0. The van der Waals surface area contributed by atoms with Crippen molar-refractivity contribution in [2.24, 2.45) is 5.73 Å². The normalized spacial score (nSPS) is 9.94. The summed E-state index contributed by atoms with van der Waals surface area (Å²) in [6, 6.07) is 7.44. The molecule has 0 atom stereocenters. The van der Waals surface area contributed by atoms with Crippen LogP contribution in [0.1, 0.15) is 17.5 Å². The third-order valence-corrected chi connectivity index (χ3v) is 2.35. The molecule has 0 aliphatic carbocycles. The molecule has 0 bridgehead atoms. The van der Waals surface area contributed by atoms with Gasteiger partial charge in [-0.15, -0.1) is 0 Å². The van der Waals surface area contributed by atoms with E-state index in [1.807, 2.05) is 24.3 Å². The molecule has 0 saturated heterocycles. The highest BCUT2D eigenvalue weighted by Crippen LogP contribution is 2.08. The van der Waals surface area contributed by atoms with Crippen LogP contribution in [0.15, 0.2) is 24.3 Å². The number of carbonyl (C=O) groups is 2. The predicted octanol–water partition coefficient (Wildman–Crippen LogP) is 0.279. The zero-order valence-electron chi connectivity index (χ0n) is 9.48. The molecule has 0 aliphatic rings. The second-order valence-corrected chi connectivity index (χ2v) is 3.64. The highest BCUT2D eigenvalue weighted by Gasteiger charge is 2.06. The molecule has 0 spiro atoms. The van der Waals surface area contributed by atoms with E-state index in [4.69, 9.17) is 10.8 Å². The van der Waals surface area contributed by atoms with Gasteiger partial charge in [-0.05, 0) is 11.1 Å². The molecule has 0 aromatic heterocycles. The molecule has 17 heavy (non-hydrogen) atoms. The van der Waals surface area contributed by atoms with Gasteiger partial charge in [-0.3, -0.25) is 9.59 Å². The molecular weight excluding hydrogens is 220 g/mol. The van der Waals surface area contributed by atoms with Gasteiger partial charge in [-0.1, -0.05) is 24.3 Å². The van der Waals surface area contributed by atoms with Crippen LogP contribution in [0.2, 0.25) is 0 Å². The second kappa shape index (κ2) is 6.65. The first kappa shape index (κ1) is 13.2. The highest BCUT2D eigenvalue weighted by molar-refractivity contribution is 5.79. The Kier molecular flexibility index (Phi) is 5.16. The van der Waals surface area contributed by atoms with Gasteiger partial charge in [0.25, 0.3) is 0 Å². The summed E-state index contributed by atoms with van der Waals surface area (Å²) in [4.78, 5) is 21.8. The third kappa shape index (κ3) is 4.65. The molecular formula is C12H16N2O3. The largest absolute Gasteiger partial charge is 0.481 e. The van der Waals surface area contributed by atoms with E-state index >= 15 is 0 Å². The Morgan fingerprint density at radius 1 is 1.24 bits per heavy atom. The molecule has 1 amide bonds. The number of nitrogens with two attached hydrogens (primary N) is 1. The molecule has 0 heterocycles. The fraction of sp³-hybridized carbons (Fsp3) is 0.333. The average molecular weight is 236 g/mol. The molecule has 1 aromatic carbocycles. The van der Waals surface area contributed by atoms with Crippen molar-refractivity contribution in [2.45, 2.75) is 19.4 Å². The fourth-order valence-corrected chi connectivity index (χ4v) is 1.47. The summed E-state index contributed by atoms with van der Waals surface area (Å²) in [7, 11) is 0. The van der Waals surface area contributed by atoms with Gasteiger partial charge in [0, 0.05) is 13.1 Å². The van der Waals surface area contributed by atoms with Crippen LogP contribution in [0, 0.1) is 0 Å². The van der Waals surface area contributed by atoms with E-state index in [0.717, 1.165) is 11.1 Å². The number of aliphatic carboxylic acids is 1. The predicted molar refractivity (Wildman–Crippen MR) is 63.3 cm³/mol. The molecule has 0 unspecified atom stereocenters. The number of carbonyl (C=O) groups excluding carboxylic acids is 1. The maximum Gasteiger partial charge on any atom is 0.305 e. The van der Waals surface area contributed by atoms with Crippen LogP contribution in [0.5, 0.6) is 0 Å². The second-order valence-electron chi connectivity index (χ2n) is 3.64. The molecule has 1 rings (SSSR count). The van der Waals surface area contributed by atoms with Crippen molar-refractivity contribution in [2.75, 3.05) is 6.54 Å². The van der Waals surface area contributed by atoms with Crippen molar-refractivity contribution in [3.8, 4) is 0 Å². The van der Waals surface area contributed by atoms with E-state index in [-0.39, 0.29) is 25.3 Å². The van der Waals surface area contributed by atoms with Crippen molar-refractivity contribution in [3.63, 3.8) is 0 Å². The minimum atomic E-state index is -0.923. The first-order valence-electron chi connectivity index (χ1n) is 5.39. The minimum Gasteiger partial charge on any atom is -0.481 e. The van der Waals surface area contributed by atoms with Crippen LogP contribution in [0.25, 0.3) is 0 Å². The fourth-order valence-electron chi connectivity index (χ4n) is 1.47. The summed E-state index contributed by atoms with van der Waals surface area (Å²) in [5, 5.41) is 11.0. The van der Waals surface area contributed by atoms with Crippen molar-refractivity contribution in [1.82, 2.24) is 5.32 Å². The lowest BCUT2D eigenvalue weighted by molar-refractivity contribution is -0.136. The molecule has 1 aromatic rings. The summed E-state index contributed by atoms with van der Waals surface area (Å²) in [5.74, 6) is -1.11. The zero-order valence-corrected chi connectivity index (χ0v) is 9.48. The van der Waals surface area contributed by atoms with Crippen LogP contribution in [-0.2, 0) is 22.6 Å². The molecule has 0 radical (unpaired) electrons. The van der Waals surface area contributed by atoms with Crippen LogP contribution >= 0.6 is 0 Å². The maximum absolute atomic E-state index is 11.5. The minimum absolute atomic E-state index is 0.0652. The first-order valence-corrected chi connectivity index (χ1v) is 5.39. The smallest absolute Gasteiger partial charge is 0.305 e. The van der Waals surface area contributed by atoms with Crippen LogP contribution in [0.3, 0.4) is 0 Å². The SMILES string of the molecule is NCc1ccccc1CC(=O)NCCC(=O)O. The number of rotatable bonds is 6. The lowest BCUT2D eigenvalue weighted by Gasteiger charge is -2.07. The number of hydrogen-bond acceptors (Lipinski definition) is 3. The number of nitrogens with one attached hydrogen (secondary N) is 1. The Hall–Kier alpha value is -1.88. The molecule has 5 nitrogen and oxygen atoms in total. The molecule has 5 heteroatoms. The van der Waals surface area contributed by atoms with E-state index < -0.39 is 5.97 Å². The average Bonchev–Trinajstić information content (AvgIpc) is 2.29. The van der Waals surface area contributed by atoms with Crippen molar-refractivity contribution < 1.29 is 14.7 Å². The van der Waals surface area contributed by atoms with Gasteiger partial charge in [0.15, 0.2) is 0 Å². The third-order valence-electron chi connectivity index (χ3n) is 2.35. The van der Waals surface area contributed by atoms with Gasteiger partial charge in [0.05, 0.1) is 12.8 Å². The van der Waals surface area contributed by atoms with E-state index in [0.29, 0.717) is 6.54 Å². The maximum atomic E-state index is 11.5. The standard InChI is InChI=1S/C12H16N2O3/c13-8-10-4-2-1-3-9(10)7-11(15)14-6-5-12(16)17/h1-4H,5-8,13H2,(H,14,15)(H,16,17). The first-order chi connectivity index (χ1) is 8.13. The number of carboxylic acids is 1. The Morgan fingerprint density at radius 3 is 2.47 bits per heavy atom. The van der Waals surface area contributed by atoms with Gasteiger partial charge < -0.3 is 16.2 Å². The topological polar surface area (TPSA) is 92.4 Å². The Bertz CT molecular complexity index is 404. The number of amides is 1. The monoisotopic (exact) mass is 236 g/mol. The van der Waals surface area contributed by atoms with Gasteiger partial charge >= 0.3 is 5.97 Å². The highest BCUT2D eigenvalue weighted by atomic mass is 16.4. The van der Waals surface area contributed by atoms with Gasteiger partial charge in [0.1, 0.15) is 0 Å². The van der Waals surface area contributed by atoms with Crippen LogP contribution in [-0.4, -0.2) is 23.5 Å². The van der Waals surface area contributed by atoms with Gasteiger partial charge in [-0.2, -0.15) is 0 Å². The number of carboxylic acid groups (broad SMARTS) is 1. The molecule has 0 saturated carbocycles. The molecule has 4 N–H and O–H groups in total. The number of hydrogen-bond donors (Lipinski definition) is 3. The Morgan fingerprint density at radius 2 is 1.88 bits per heavy atom. The van der Waals surface area contributed by atoms with Crippen molar-refractivity contribution >= 4 is 11.9 Å². The van der Waals surface area contributed by atoms with Crippen molar-refractivity contribution in [1.29, 1.82) is 0 Å². The van der Waals surface area contributed by atoms with Crippen LogP contribution < -0.4 is 11.1 Å².